The van der Waals surface area contributed by atoms with Crippen molar-refractivity contribution in [2.75, 3.05) is 0 Å². The van der Waals surface area contributed by atoms with Crippen molar-refractivity contribution in [1.29, 1.82) is 0 Å². The first-order valence-electron chi connectivity index (χ1n) is 19.5. The normalized spacial score (nSPS) is 12.7. The molecule has 4 aromatic heterocycles. The SMILES string of the molecule is c1ccc(C(=C2C(=C(c3ccccc3)c3ccccc3)C(c3cnc4c(ccc5cccnc54)c3)=C2c2cnc3c(ccc4cccnc43)c2)c2ccccc2)cc1. The third kappa shape index (κ3) is 5.62. The van der Waals surface area contributed by atoms with E-state index >= 15 is 0 Å². The molecule has 1 aliphatic rings. The Balaban J connectivity index is 1.32. The quantitative estimate of drug-likeness (QED) is 0.159. The van der Waals surface area contributed by atoms with Crippen LogP contribution in [0.2, 0.25) is 0 Å². The highest BCUT2D eigenvalue weighted by Gasteiger charge is 2.38. The van der Waals surface area contributed by atoms with Crippen LogP contribution in [-0.2, 0) is 0 Å². The average molecular weight is 739 g/mol. The second-order valence-electron chi connectivity index (χ2n) is 14.6. The van der Waals surface area contributed by atoms with Gasteiger partial charge in [0.15, 0.2) is 0 Å². The zero-order valence-electron chi connectivity index (χ0n) is 31.4. The number of benzene rings is 6. The van der Waals surface area contributed by atoms with Crippen LogP contribution in [0.25, 0.3) is 65.9 Å². The lowest BCUT2D eigenvalue weighted by molar-refractivity contribution is 1.32. The second kappa shape index (κ2) is 14.0. The first-order valence-corrected chi connectivity index (χ1v) is 19.5. The number of hydrogen-bond acceptors (Lipinski definition) is 4. The molecular formula is C54H34N4. The highest BCUT2D eigenvalue weighted by atomic mass is 14.7. The van der Waals surface area contributed by atoms with Crippen molar-refractivity contribution in [2.45, 2.75) is 0 Å². The first-order chi connectivity index (χ1) is 28.8. The summed E-state index contributed by atoms with van der Waals surface area (Å²) in [5.41, 5.74) is 17.1. The van der Waals surface area contributed by atoms with Crippen molar-refractivity contribution in [3.8, 4) is 0 Å². The largest absolute Gasteiger partial charge is 0.254 e. The van der Waals surface area contributed by atoms with E-state index in [0.29, 0.717) is 0 Å². The lowest BCUT2D eigenvalue weighted by Crippen LogP contribution is -2.17. The first kappa shape index (κ1) is 33.5. The summed E-state index contributed by atoms with van der Waals surface area (Å²) in [6.07, 6.45) is 7.75. The Hall–Kier alpha value is -7.82. The second-order valence-corrected chi connectivity index (χ2v) is 14.6. The molecule has 6 aromatic carbocycles. The van der Waals surface area contributed by atoms with Gasteiger partial charge >= 0.3 is 0 Å². The van der Waals surface area contributed by atoms with Crippen LogP contribution in [0.3, 0.4) is 0 Å². The maximum Gasteiger partial charge on any atom is 0.0964 e. The minimum absolute atomic E-state index is 0.886. The van der Waals surface area contributed by atoms with Crippen molar-refractivity contribution in [2.24, 2.45) is 0 Å². The number of fused-ring (bicyclic) bond motifs is 6. The lowest BCUT2D eigenvalue weighted by Gasteiger charge is -2.37. The number of allylic oxidation sites excluding steroid dienone is 4. The van der Waals surface area contributed by atoms with Crippen LogP contribution >= 0.6 is 0 Å². The smallest absolute Gasteiger partial charge is 0.0964 e. The van der Waals surface area contributed by atoms with Crippen LogP contribution in [0, 0.1) is 0 Å². The molecule has 0 saturated carbocycles. The summed E-state index contributed by atoms with van der Waals surface area (Å²) in [5, 5.41) is 4.21. The van der Waals surface area contributed by atoms with E-state index in [4.69, 9.17) is 19.9 Å². The van der Waals surface area contributed by atoms with Crippen LogP contribution < -0.4 is 0 Å². The van der Waals surface area contributed by atoms with Gasteiger partial charge in [-0.2, -0.15) is 0 Å². The summed E-state index contributed by atoms with van der Waals surface area (Å²) in [5.74, 6) is 0. The Morgan fingerprint density at radius 1 is 0.293 bits per heavy atom. The predicted octanol–water partition coefficient (Wildman–Crippen LogP) is 12.8. The van der Waals surface area contributed by atoms with Gasteiger partial charge in [0.1, 0.15) is 0 Å². The highest BCUT2D eigenvalue weighted by Crippen LogP contribution is 2.58. The fourth-order valence-electron chi connectivity index (χ4n) is 8.59. The number of rotatable bonds is 6. The Morgan fingerprint density at radius 3 is 0.983 bits per heavy atom. The number of hydrogen-bond donors (Lipinski definition) is 0. The van der Waals surface area contributed by atoms with Crippen LogP contribution in [0.1, 0.15) is 33.4 Å². The maximum absolute atomic E-state index is 5.19. The Bertz CT molecular complexity index is 2990. The monoisotopic (exact) mass is 738 g/mol. The van der Waals surface area contributed by atoms with Gasteiger partial charge in [-0.25, -0.2) is 0 Å². The van der Waals surface area contributed by atoms with Gasteiger partial charge in [0.2, 0.25) is 0 Å². The average Bonchev–Trinajstić information content (AvgIpc) is 3.30. The van der Waals surface area contributed by atoms with Gasteiger partial charge in [0, 0.05) is 68.6 Å². The molecule has 0 fully saturated rings. The topological polar surface area (TPSA) is 51.6 Å². The van der Waals surface area contributed by atoms with Crippen LogP contribution in [-0.4, -0.2) is 19.9 Å². The molecular weight excluding hydrogens is 705 g/mol. The Kier molecular flexibility index (Phi) is 8.11. The van der Waals surface area contributed by atoms with E-state index in [2.05, 4.69) is 170 Å². The van der Waals surface area contributed by atoms with Crippen molar-refractivity contribution < 1.29 is 0 Å². The van der Waals surface area contributed by atoms with E-state index in [-0.39, 0.29) is 0 Å². The molecule has 0 saturated heterocycles. The van der Waals surface area contributed by atoms with Crippen LogP contribution in [0.4, 0.5) is 0 Å². The molecule has 10 aromatic rings. The van der Waals surface area contributed by atoms with Gasteiger partial charge in [-0.1, -0.05) is 158 Å². The zero-order chi connectivity index (χ0) is 38.4. The highest BCUT2D eigenvalue weighted by molar-refractivity contribution is 6.27. The number of pyridine rings is 4. The fourth-order valence-corrected chi connectivity index (χ4v) is 8.59. The van der Waals surface area contributed by atoms with E-state index in [0.717, 1.165) is 110 Å². The Labute approximate surface area is 335 Å². The van der Waals surface area contributed by atoms with E-state index in [1.54, 1.807) is 0 Å². The molecule has 0 atom stereocenters. The van der Waals surface area contributed by atoms with Gasteiger partial charge in [-0.15, -0.1) is 0 Å². The molecule has 0 radical (unpaired) electrons. The van der Waals surface area contributed by atoms with E-state index in [1.807, 2.05) is 36.9 Å². The van der Waals surface area contributed by atoms with Crippen molar-refractivity contribution in [1.82, 2.24) is 19.9 Å². The zero-order valence-corrected chi connectivity index (χ0v) is 31.4. The molecule has 0 spiro atoms. The molecule has 1 aliphatic carbocycles. The molecule has 4 heteroatoms. The predicted molar refractivity (Wildman–Crippen MR) is 239 cm³/mol. The maximum atomic E-state index is 5.19. The van der Waals surface area contributed by atoms with Crippen LogP contribution in [0.15, 0.2) is 218 Å². The molecule has 0 unspecified atom stereocenters. The molecule has 58 heavy (non-hydrogen) atoms. The van der Waals surface area contributed by atoms with Gasteiger partial charge in [0.25, 0.3) is 0 Å². The third-order valence-electron chi connectivity index (χ3n) is 11.2. The fraction of sp³-hybridized carbons (Fsp3) is 0. The minimum atomic E-state index is 0.886. The summed E-state index contributed by atoms with van der Waals surface area (Å²) < 4.78 is 0. The Morgan fingerprint density at radius 2 is 0.621 bits per heavy atom. The minimum Gasteiger partial charge on any atom is -0.254 e. The van der Waals surface area contributed by atoms with Crippen LogP contribution in [0.5, 0.6) is 0 Å². The van der Waals surface area contributed by atoms with Crippen molar-refractivity contribution >= 4 is 65.9 Å². The summed E-state index contributed by atoms with van der Waals surface area (Å²) >= 11 is 0. The summed E-state index contributed by atoms with van der Waals surface area (Å²) in [6, 6.07) is 64.4. The van der Waals surface area contributed by atoms with Crippen molar-refractivity contribution in [3.05, 3.63) is 251 Å². The summed E-state index contributed by atoms with van der Waals surface area (Å²) in [6.45, 7) is 0. The number of aromatic nitrogens is 4. The van der Waals surface area contributed by atoms with E-state index in [9.17, 15) is 0 Å². The third-order valence-corrected chi connectivity index (χ3v) is 11.2. The van der Waals surface area contributed by atoms with Gasteiger partial charge in [-0.05, 0) is 68.8 Å². The van der Waals surface area contributed by atoms with Crippen molar-refractivity contribution in [3.63, 3.8) is 0 Å². The van der Waals surface area contributed by atoms with Gasteiger partial charge < -0.3 is 0 Å². The molecule has 4 nitrogen and oxygen atoms in total. The van der Waals surface area contributed by atoms with E-state index < -0.39 is 0 Å². The molecule has 0 amide bonds. The van der Waals surface area contributed by atoms with Gasteiger partial charge in [0.05, 0.1) is 22.1 Å². The summed E-state index contributed by atoms with van der Waals surface area (Å²) in [7, 11) is 0. The molecule has 0 aliphatic heterocycles. The number of nitrogens with zero attached hydrogens (tertiary/aromatic N) is 4. The standard InChI is InChI=1S/C54H34N4/c1-5-15-35(16-6-1)45(36-17-7-2-8-18-36)49-47(43-31-41-27-25-39-23-13-29-55-51(39)53(41)57-33-43)48(44-32-42-28-26-40-24-14-30-56-52(40)54(42)58-34-44)50(49)46(37-19-9-3-10-20-37)38-21-11-4-12-22-38/h1-34H. The molecule has 4 heterocycles. The molecule has 0 N–H and O–H groups in total. The molecule has 270 valence electrons. The molecule has 0 bridgehead atoms. The summed E-state index contributed by atoms with van der Waals surface area (Å²) in [4.78, 5) is 19.9. The lowest BCUT2D eigenvalue weighted by atomic mass is 9.65. The van der Waals surface area contributed by atoms with E-state index in [1.165, 1.54) is 0 Å². The molecule has 11 rings (SSSR count). The van der Waals surface area contributed by atoms with Gasteiger partial charge in [-0.3, -0.25) is 19.9 Å².